The Hall–Kier alpha value is -3.95. The zero-order valence-corrected chi connectivity index (χ0v) is 17.5. The van der Waals surface area contributed by atoms with Crippen LogP contribution in [0.25, 0.3) is 16.6 Å². The normalized spacial score (nSPS) is 15.5. The highest BCUT2D eigenvalue weighted by molar-refractivity contribution is 5.92. The zero-order chi connectivity index (χ0) is 21.9. The molecule has 2 aromatic carbocycles. The second-order valence-corrected chi connectivity index (χ2v) is 7.99. The predicted octanol–water partition coefficient (Wildman–Crippen LogP) is 4.58. The number of anilines is 1. The number of hydrogen-bond acceptors (Lipinski definition) is 4. The summed E-state index contributed by atoms with van der Waals surface area (Å²) < 4.78 is 7.47. The molecule has 3 heterocycles. The molecule has 5 rings (SSSR count). The van der Waals surface area contributed by atoms with Crippen molar-refractivity contribution in [2.45, 2.75) is 18.8 Å². The molecule has 1 unspecified atom stereocenters. The Bertz CT molecular complexity index is 1300. The van der Waals surface area contributed by atoms with Gasteiger partial charge in [0.25, 0.3) is 0 Å². The van der Waals surface area contributed by atoms with Crippen LogP contribution in [0, 0.1) is 11.3 Å². The average molecular weight is 422 g/mol. The number of carbonyl (C=O) groups excluding carboxylic acids is 1. The van der Waals surface area contributed by atoms with E-state index in [0.29, 0.717) is 17.3 Å². The third-order valence-corrected chi connectivity index (χ3v) is 5.84. The average Bonchev–Trinajstić information content (AvgIpc) is 3.48. The summed E-state index contributed by atoms with van der Waals surface area (Å²) in [4.78, 5) is 16.4. The third-order valence-electron chi connectivity index (χ3n) is 5.84. The number of aromatic nitrogens is 2. The van der Waals surface area contributed by atoms with Crippen molar-refractivity contribution in [2.75, 3.05) is 18.5 Å². The predicted molar refractivity (Wildman–Crippen MR) is 123 cm³/mol. The van der Waals surface area contributed by atoms with Crippen LogP contribution in [-0.2, 0) is 16.0 Å². The Kier molecular flexibility index (Phi) is 5.40. The molecule has 2 aromatic heterocycles. The molecule has 0 saturated carbocycles. The molecular weight excluding hydrogens is 400 g/mol. The van der Waals surface area contributed by atoms with Gasteiger partial charge in [-0.3, -0.25) is 9.78 Å². The van der Waals surface area contributed by atoms with Crippen molar-refractivity contribution >= 4 is 22.5 Å². The maximum Gasteiger partial charge on any atom is 0.228 e. The van der Waals surface area contributed by atoms with Gasteiger partial charge in [-0.15, -0.1) is 0 Å². The number of rotatable bonds is 5. The lowest BCUT2D eigenvalue weighted by molar-refractivity contribution is -0.115. The number of carbonyl (C=O) groups is 1. The molecule has 1 aliphatic heterocycles. The second-order valence-electron chi connectivity index (χ2n) is 7.99. The summed E-state index contributed by atoms with van der Waals surface area (Å²) in [6.07, 6.45) is 4.68. The number of amides is 1. The lowest BCUT2D eigenvalue weighted by Gasteiger charge is -2.11. The van der Waals surface area contributed by atoms with Crippen LogP contribution in [0.3, 0.4) is 0 Å². The van der Waals surface area contributed by atoms with Crippen molar-refractivity contribution in [1.82, 2.24) is 9.55 Å². The van der Waals surface area contributed by atoms with Crippen LogP contribution < -0.4 is 5.32 Å². The van der Waals surface area contributed by atoms with Crippen molar-refractivity contribution in [1.29, 1.82) is 5.26 Å². The highest BCUT2D eigenvalue weighted by atomic mass is 16.5. The van der Waals surface area contributed by atoms with Crippen molar-refractivity contribution in [3.05, 3.63) is 89.9 Å². The van der Waals surface area contributed by atoms with E-state index < -0.39 is 0 Å². The minimum absolute atomic E-state index is 0.0988. The van der Waals surface area contributed by atoms with Gasteiger partial charge in [0.15, 0.2) is 0 Å². The highest BCUT2D eigenvalue weighted by Crippen LogP contribution is 2.31. The van der Waals surface area contributed by atoms with E-state index in [1.807, 2.05) is 47.0 Å². The number of pyridine rings is 1. The fourth-order valence-corrected chi connectivity index (χ4v) is 4.23. The van der Waals surface area contributed by atoms with Crippen LogP contribution in [0.15, 0.2) is 73.1 Å². The van der Waals surface area contributed by atoms with Gasteiger partial charge >= 0.3 is 0 Å². The van der Waals surface area contributed by atoms with E-state index in [2.05, 4.69) is 34.6 Å². The molecule has 1 N–H and O–H groups in total. The molecule has 0 aliphatic carbocycles. The Morgan fingerprint density at radius 2 is 2.06 bits per heavy atom. The summed E-state index contributed by atoms with van der Waals surface area (Å²) in [6.45, 7) is 1.56. The zero-order valence-electron chi connectivity index (χ0n) is 17.5. The maximum absolute atomic E-state index is 12.3. The summed E-state index contributed by atoms with van der Waals surface area (Å²) in [6, 6.07) is 21.8. The van der Waals surface area contributed by atoms with Crippen molar-refractivity contribution in [2.24, 2.45) is 0 Å². The van der Waals surface area contributed by atoms with Crippen molar-refractivity contribution in [3.63, 3.8) is 0 Å². The van der Waals surface area contributed by atoms with Gasteiger partial charge in [-0.1, -0.05) is 12.1 Å². The molecule has 4 aromatic rings. The van der Waals surface area contributed by atoms with Crippen LogP contribution in [0.5, 0.6) is 0 Å². The molecule has 0 spiro atoms. The Balaban J connectivity index is 1.38. The number of ether oxygens (including phenoxy) is 1. The molecule has 32 heavy (non-hydrogen) atoms. The molecular formula is C26H22N4O2. The van der Waals surface area contributed by atoms with Gasteiger partial charge in [-0.25, -0.2) is 0 Å². The number of hydrogen-bond donors (Lipinski definition) is 1. The van der Waals surface area contributed by atoms with Gasteiger partial charge < -0.3 is 14.6 Å². The SMILES string of the molecule is N#Cc1cc2cc(C3CCOC3)ccc2n1-c1ccc(NC(=O)Cc2cccnc2)cc1. The second kappa shape index (κ2) is 8.66. The molecule has 6 heteroatoms. The molecule has 1 amide bonds. The van der Waals surface area contributed by atoms with Crippen LogP contribution >= 0.6 is 0 Å². The number of nitriles is 1. The fraction of sp³-hybridized carbons (Fsp3) is 0.192. The van der Waals surface area contributed by atoms with Gasteiger partial charge in [-0.2, -0.15) is 5.26 Å². The summed E-state index contributed by atoms with van der Waals surface area (Å²) in [5, 5.41) is 13.7. The van der Waals surface area contributed by atoms with E-state index in [9.17, 15) is 10.1 Å². The molecule has 158 valence electrons. The third kappa shape index (κ3) is 3.98. The molecule has 1 fully saturated rings. The quantitative estimate of drug-likeness (QED) is 0.510. The summed E-state index contributed by atoms with van der Waals surface area (Å²) in [5.74, 6) is 0.321. The van der Waals surface area contributed by atoms with Crippen molar-refractivity contribution < 1.29 is 9.53 Å². The van der Waals surface area contributed by atoms with Crippen LogP contribution in [0.1, 0.15) is 29.2 Å². The summed E-state index contributed by atoms with van der Waals surface area (Å²) in [7, 11) is 0. The first-order valence-electron chi connectivity index (χ1n) is 10.6. The molecule has 0 radical (unpaired) electrons. The van der Waals surface area contributed by atoms with Crippen molar-refractivity contribution in [3.8, 4) is 11.8 Å². The summed E-state index contributed by atoms with van der Waals surface area (Å²) >= 11 is 0. The first-order valence-corrected chi connectivity index (χ1v) is 10.6. The molecule has 1 saturated heterocycles. The number of benzene rings is 2. The largest absolute Gasteiger partial charge is 0.381 e. The lowest BCUT2D eigenvalue weighted by atomic mass is 9.97. The van der Waals surface area contributed by atoms with E-state index in [4.69, 9.17) is 4.74 Å². The molecule has 1 atom stereocenters. The van der Waals surface area contributed by atoms with Crippen LogP contribution in [0.2, 0.25) is 0 Å². The van der Waals surface area contributed by atoms with E-state index >= 15 is 0 Å². The van der Waals surface area contributed by atoms with Crippen LogP contribution in [-0.4, -0.2) is 28.7 Å². The number of nitrogens with zero attached hydrogens (tertiary/aromatic N) is 3. The number of fused-ring (bicyclic) bond motifs is 1. The smallest absolute Gasteiger partial charge is 0.228 e. The minimum atomic E-state index is -0.0988. The van der Waals surface area contributed by atoms with Gasteiger partial charge in [0, 0.05) is 41.7 Å². The van der Waals surface area contributed by atoms with E-state index in [-0.39, 0.29) is 12.3 Å². The highest BCUT2D eigenvalue weighted by Gasteiger charge is 2.19. The van der Waals surface area contributed by atoms with E-state index in [0.717, 1.165) is 41.8 Å². The van der Waals surface area contributed by atoms with E-state index in [1.165, 1.54) is 5.56 Å². The standard InChI is InChI=1S/C26H22N4O2/c27-15-24-14-21-13-19(20-9-11-32-17-20)3-8-25(21)30(24)23-6-4-22(5-7-23)29-26(31)12-18-2-1-10-28-16-18/h1-8,10,13-14,16,20H,9,11-12,17H2,(H,29,31). The van der Waals surface area contributed by atoms with Gasteiger partial charge in [-0.05, 0) is 66.1 Å². The van der Waals surface area contributed by atoms with E-state index in [1.54, 1.807) is 12.4 Å². The van der Waals surface area contributed by atoms with Crippen LogP contribution in [0.4, 0.5) is 5.69 Å². The molecule has 1 aliphatic rings. The summed E-state index contributed by atoms with van der Waals surface area (Å²) in [5.41, 5.74) is 5.26. The first kappa shape index (κ1) is 20.0. The Morgan fingerprint density at radius 1 is 1.19 bits per heavy atom. The lowest BCUT2D eigenvalue weighted by Crippen LogP contribution is -2.14. The first-order chi connectivity index (χ1) is 15.7. The van der Waals surface area contributed by atoms with Gasteiger partial charge in [0.2, 0.25) is 5.91 Å². The minimum Gasteiger partial charge on any atom is -0.381 e. The molecule has 0 bridgehead atoms. The number of nitrogens with one attached hydrogen (secondary N) is 1. The van der Waals surface area contributed by atoms with Gasteiger partial charge in [0.05, 0.1) is 18.5 Å². The topological polar surface area (TPSA) is 79.9 Å². The Morgan fingerprint density at radius 3 is 2.78 bits per heavy atom. The fourth-order valence-electron chi connectivity index (χ4n) is 4.23. The molecule has 6 nitrogen and oxygen atoms in total. The maximum atomic E-state index is 12.3. The monoisotopic (exact) mass is 422 g/mol. The van der Waals surface area contributed by atoms with Gasteiger partial charge in [0.1, 0.15) is 11.8 Å². The Labute approximate surface area is 186 Å².